The lowest BCUT2D eigenvalue weighted by molar-refractivity contribution is -0.116. The van der Waals surface area contributed by atoms with Crippen LogP contribution < -0.4 is 10.1 Å². The number of carbonyl (C=O) groups is 1. The number of rotatable bonds is 6. The van der Waals surface area contributed by atoms with E-state index in [2.05, 4.69) is 26.3 Å². The molecule has 0 spiro atoms. The second kappa shape index (κ2) is 8.49. The summed E-state index contributed by atoms with van der Waals surface area (Å²) >= 11 is 3.42. The van der Waals surface area contributed by atoms with Gasteiger partial charge in [-0.3, -0.25) is 4.79 Å². The molecule has 0 aliphatic heterocycles. The molecule has 3 aromatic rings. The average molecular weight is 412 g/mol. The lowest BCUT2D eigenvalue weighted by Gasteiger charge is -2.10. The first-order valence-corrected chi connectivity index (χ1v) is 8.84. The van der Waals surface area contributed by atoms with E-state index >= 15 is 0 Å². The van der Waals surface area contributed by atoms with E-state index < -0.39 is 0 Å². The molecule has 1 aromatic heterocycles. The monoisotopic (exact) mass is 411 g/mol. The van der Waals surface area contributed by atoms with Gasteiger partial charge in [0.25, 0.3) is 0 Å². The summed E-state index contributed by atoms with van der Waals surface area (Å²) in [6.45, 7) is 0.412. The second-order valence-electron chi connectivity index (χ2n) is 5.52. The van der Waals surface area contributed by atoms with Crippen LogP contribution in [-0.2, 0) is 11.3 Å². The van der Waals surface area contributed by atoms with Crippen molar-refractivity contribution in [2.45, 2.75) is 6.54 Å². The molecule has 0 radical (unpaired) electrons. The van der Waals surface area contributed by atoms with Crippen LogP contribution in [0, 0.1) is 0 Å². The Morgan fingerprint density at radius 3 is 2.88 bits per heavy atom. The summed E-state index contributed by atoms with van der Waals surface area (Å²) < 4.78 is 8.01. The van der Waals surface area contributed by atoms with Crippen molar-refractivity contribution >= 4 is 27.9 Å². The minimum absolute atomic E-state index is 0.178. The van der Waals surface area contributed by atoms with E-state index in [4.69, 9.17) is 4.74 Å². The Morgan fingerprint density at radius 2 is 2.12 bits per heavy atom. The van der Waals surface area contributed by atoms with Gasteiger partial charge >= 0.3 is 0 Å². The maximum absolute atomic E-state index is 12.2. The molecule has 0 aliphatic carbocycles. The number of amides is 1. The molecule has 0 unspecified atom stereocenters. The topological polar surface area (TPSA) is 56.1 Å². The van der Waals surface area contributed by atoms with Crippen molar-refractivity contribution in [1.82, 2.24) is 15.1 Å². The minimum atomic E-state index is -0.178. The Bertz CT molecular complexity index is 921. The molecule has 1 heterocycles. The smallest absolute Gasteiger partial charge is 0.244 e. The van der Waals surface area contributed by atoms with Crippen molar-refractivity contribution in [1.29, 1.82) is 0 Å². The van der Waals surface area contributed by atoms with Gasteiger partial charge in [-0.05, 0) is 42.0 Å². The number of hydrogen-bond donors (Lipinski definition) is 1. The van der Waals surface area contributed by atoms with Crippen LogP contribution in [0.4, 0.5) is 0 Å². The first kappa shape index (κ1) is 17.9. The maximum atomic E-state index is 12.2. The molecule has 1 N–H and O–H groups in total. The van der Waals surface area contributed by atoms with E-state index in [0.29, 0.717) is 12.3 Å². The van der Waals surface area contributed by atoms with Crippen molar-refractivity contribution in [2.75, 3.05) is 7.11 Å². The summed E-state index contributed by atoms with van der Waals surface area (Å²) in [5, 5.41) is 7.15. The molecule has 26 heavy (non-hydrogen) atoms. The Balaban J connectivity index is 1.68. The van der Waals surface area contributed by atoms with Crippen molar-refractivity contribution in [3.8, 4) is 11.4 Å². The highest BCUT2D eigenvalue weighted by molar-refractivity contribution is 9.10. The van der Waals surface area contributed by atoms with Gasteiger partial charge in [-0.15, -0.1) is 0 Å². The molecule has 0 atom stereocenters. The summed E-state index contributed by atoms with van der Waals surface area (Å²) in [4.78, 5) is 12.2. The van der Waals surface area contributed by atoms with E-state index in [-0.39, 0.29) is 5.91 Å². The summed E-state index contributed by atoms with van der Waals surface area (Å²) in [5.74, 6) is 0.531. The number of ether oxygens (including phenoxy) is 1. The lowest BCUT2D eigenvalue weighted by atomic mass is 10.1. The molecule has 132 valence electrons. The Labute approximate surface area is 160 Å². The van der Waals surface area contributed by atoms with E-state index in [1.165, 1.54) is 6.08 Å². The lowest BCUT2D eigenvalue weighted by Crippen LogP contribution is -2.21. The van der Waals surface area contributed by atoms with Gasteiger partial charge in [0.15, 0.2) is 0 Å². The van der Waals surface area contributed by atoms with E-state index in [9.17, 15) is 4.79 Å². The standard InChI is InChI=1S/C20H18BrN3O2/c1-26-19-9-8-17(21)13-15(19)7-10-20(25)22-14-16-5-2-3-6-18(16)24-12-4-11-23-24/h2-13H,14H2,1H3,(H,22,25)/b10-7+. The molecule has 0 fully saturated rings. The molecular formula is C20H18BrN3O2. The van der Waals surface area contributed by atoms with Crippen LogP contribution in [0.15, 0.2) is 71.5 Å². The highest BCUT2D eigenvalue weighted by Crippen LogP contribution is 2.24. The molecule has 6 heteroatoms. The molecule has 0 aliphatic rings. The number of nitrogens with one attached hydrogen (secondary N) is 1. The van der Waals surface area contributed by atoms with E-state index in [0.717, 1.165) is 21.3 Å². The maximum Gasteiger partial charge on any atom is 0.244 e. The fraction of sp³-hybridized carbons (Fsp3) is 0.100. The van der Waals surface area contributed by atoms with Crippen LogP contribution in [-0.4, -0.2) is 22.8 Å². The third-order valence-electron chi connectivity index (χ3n) is 3.80. The van der Waals surface area contributed by atoms with Gasteiger partial charge < -0.3 is 10.1 Å². The Morgan fingerprint density at radius 1 is 1.27 bits per heavy atom. The van der Waals surface area contributed by atoms with E-state index in [1.807, 2.05) is 54.7 Å². The van der Waals surface area contributed by atoms with Crippen LogP contribution in [0.3, 0.4) is 0 Å². The summed E-state index contributed by atoms with van der Waals surface area (Å²) in [5.41, 5.74) is 2.75. The van der Waals surface area contributed by atoms with Crippen molar-refractivity contribution in [3.63, 3.8) is 0 Å². The molecule has 1 amide bonds. The molecular weight excluding hydrogens is 394 g/mol. The number of hydrogen-bond acceptors (Lipinski definition) is 3. The van der Waals surface area contributed by atoms with E-state index in [1.54, 1.807) is 24.1 Å². The zero-order valence-corrected chi connectivity index (χ0v) is 15.8. The molecule has 3 rings (SSSR count). The number of nitrogens with zero attached hydrogens (tertiary/aromatic N) is 2. The van der Waals surface area contributed by atoms with Crippen LogP contribution in [0.5, 0.6) is 5.75 Å². The van der Waals surface area contributed by atoms with Gasteiger partial charge in [0.1, 0.15) is 5.75 Å². The normalized spacial score (nSPS) is 10.8. The number of halogens is 1. The number of para-hydroxylation sites is 1. The SMILES string of the molecule is COc1ccc(Br)cc1/C=C/C(=O)NCc1ccccc1-n1cccn1. The van der Waals surface area contributed by atoms with Crippen LogP contribution in [0.2, 0.25) is 0 Å². The number of benzene rings is 2. The predicted octanol–water partition coefficient (Wildman–Crippen LogP) is 3.97. The molecule has 2 aromatic carbocycles. The predicted molar refractivity (Wildman–Crippen MR) is 105 cm³/mol. The van der Waals surface area contributed by atoms with Gasteiger partial charge in [0.2, 0.25) is 5.91 Å². The van der Waals surface area contributed by atoms with Gasteiger partial charge in [-0.1, -0.05) is 34.1 Å². The van der Waals surface area contributed by atoms with Crippen molar-refractivity contribution in [3.05, 3.63) is 82.6 Å². The fourth-order valence-electron chi connectivity index (χ4n) is 2.54. The van der Waals surface area contributed by atoms with Crippen molar-refractivity contribution in [2.24, 2.45) is 0 Å². The van der Waals surface area contributed by atoms with Gasteiger partial charge in [0.05, 0.1) is 12.8 Å². The molecule has 0 saturated heterocycles. The first-order valence-electron chi connectivity index (χ1n) is 8.05. The molecule has 5 nitrogen and oxygen atoms in total. The average Bonchev–Trinajstić information content (AvgIpc) is 3.19. The van der Waals surface area contributed by atoms with Gasteiger partial charge in [0, 0.05) is 35.1 Å². The first-order chi connectivity index (χ1) is 12.7. The number of aromatic nitrogens is 2. The minimum Gasteiger partial charge on any atom is -0.496 e. The van der Waals surface area contributed by atoms with Gasteiger partial charge in [-0.2, -0.15) is 5.10 Å². The number of methoxy groups -OCH3 is 1. The summed E-state index contributed by atoms with van der Waals surface area (Å²) in [6, 6.07) is 15.3. The quantitative estimate of drug-likeness (QED) is 0.624. The zero-order chi connectivity index (χ0) is 18.4. The third kappa shape index (κ3) is 4.40. The van der Waals surface area contributed by atoms with Crippen LogP contribution in [0.1, 0.15) is 11.1 Å². The third-order valence-corrected chi connectivity index (χ3v) is 4.30. The summed E-state index contributed by atoms with van der Waals surface area (Å²) in [7, 11) is 1.60. The zero-order valence-electron chi connectivity index (χ0n) is 14.2. The van der Waals surface area contributed by atoms with Crippen molar-refractivity contribution < 1.29 is 9.53 Å². The Hall–Kier alpha value is -2.86. The summed E-state index contributed by atoms with van der Waals surface area (Å²) in [6.07, 6.45) is 6.84. The highest BCUT2D eigenvalue weighted by Gasteiger charge is 2.06. The van der Waals surface area contributed by atoms with Gasteiger partial charge in [-0.25, -0.2) is 4.68 Å². The second-order valence-corrected chi connectivity index (χ2v) is 6.43. The highest BCUT2D eigenvalue weighted by atomic mass is 79.9. The molecule has 0 saturated carbocycles. The largest absolute Gasteiger partial charge is 0.496 e. The van der Waals surface area contributed by atoms with Crippen LogP contribution >= 0.6 is 15.9 Å². The molecule has 0 bridgehead atoms. The number of carbonyl (C=O) groups excluding carboxylic acids is 1. The fourth-order valence-corrected chi connectivity index (χ4v) is 2.92. The van der Waals surface area contributed by atoms with Crippen LogP contribution in [0.25, 0.3) is 11.8 Å². The Kier molecular flexibility index (Phi) is 5.86.